The quantitative estimate of drug-likeness (QED) is 0.859. The van der Waals surface area contributed by atoms with Gasteiger partial charge in [0.2, 0.25) is 0 Å². The molecule has 0 aliphatic rings. The smallest absolute Gasteiger partial charge is 0.0473 e. The van der Waals surface area contributed by atoms with Crippen LogP contribution < -0.4 is 5.73 Å². The van der Waals surface area contributed by atoms with Crippen molar-refractivity contribution in [2.24, 2.45) is 5.73 Å². The van der Waals surface area contributed by atoms with E-state index in [1.165, 1.54) is 22.4 Å². The van der Waals surface area contributed by atoms with Crippen molar-refractivity contribution in [3.63, 3.8) is 0 Å². The summed E-state index contributed by atoms with van der Waals surface area (Å²) in [5.41, 5.74) is 11.1. The van der Waals surface area contributed by atoms with Crippen LogP contribution in [0.15, 0.2) is 36.5 Å². The second-order valence-electron chi connectivity index (χ2n) is 4.85. The molecule has 2 N–H and O–H groups in total. The van der Waals surface area contributed by atoms with E-state index in [1.54, 1.807) is 0 Å². The van der Waals surface area contributed by atoms with Crippen molar-refractivity contribution in [3.05, 3.63) is 58.9 Å². The van der Waals surface area contributed by atoms with Crippen LogP contribution in [0.3, 0.4) is 0 Å². The lowest BCUT2D eigenvalue weighted by molar-refractivity contribution is 0.675. The Morgan fingerprint density at radius 1 is 1.18 bits per heavy atom. The third-order valence-electron chi connectivity index (χ3n) is 2.97. The molecule has 0 bridgehead atoms. The molecule has 0 aliphatic heterocycles. The first kappa shape index (κ1) is 11.9. The molecule has 2 aromatic rings. The number of nitrogens with zero attached hydrogens (tertiary/aromatic N) is 1. The topological polar surface area (TPSA) is 30.9 Å². The van der Waals surface area contributed by atoms with Gasteiger partial charge in [-0.05, 0) is 38.5 Å². The third-order valence-corrected chi connectivity index (χ3v) is 2.97. The van der Waals surface area contributed by atoms with Crippen LogP contribution in [-0.4, -0.2) is 4.57 Å². The number of hydrogen-bond donors (Lipinski definition) is 1. The Hall–Kier alpha value is -1.54. The largest absolute Gasteiger partial charge is 0.346 e. The molecule has 0 spiro atoms. The van der Waals surface area contributed by atoms with Crippen LogP contribution in [0.5, 0.6) is 0 Å². The molecule has 1 heterocycles. The molecule has 0 aliphatic carbocycles. The van der Waals surface area contributed by atoms with Crippen LogP contribution >= 0.6 is 0 Å². The highest BCUT2D eigenvalue weighted by atomic mass is 15.0. The lowest BCUT2D eigenvalue weighted by Crippen LogP contribution is -2.12. The first-order valence-electron chi connectivity index (χ1n) is 6.04. The molecule has 0 radical (unpaired) electrons. The summed E-state index contributed by atoms with van der Waals surface area (Å²) in [7, 11) is 0. The normalized spacial score (nSPS) is 12.7. The number of benzene rings is 1. The number of nitrogens with two attached hydrogens (primary N) is 1. The fourth-order valence-electron chi connectivity index (χ4n) is 2.34. The van der Waals surface area contributed by atoms with Crippen LogP contribution in [0.25, 0.3) is 0 Å². The molecule has 1 aromatic heterocycles. The van der Waals surface area contributed by atoms with E-state index in [4.69, 9.17) is 5.73 Å². The van der Waals surface area contributed by atoms with E-state index in [0.717, 1.165) is 6.54 Å². The van der Waals surface area contributed by atoms with E-state index in [-0.39, 0.29) is 6.04 Å². The molecule has 2 rings (SSSR count). The molecule has 0 saturated heterocycles. The summed E-state index contributed by atoms with van der Waals surface area (Å²) >= 11 is 0. The predicted molar refractivity (Wildman–Crippen MR) is 72.1 cm³/mol. The predicted octanol–water partition coefficient (Wildman–Crippen LogP) is 3.17. The van der Waals surface area contributed by atoms with Crippen molar-refractivity contribution in [2.45, 2.75) is 33.4 Å². The fourth-order valence-corrected chi connectivity index (χ4v) is 2.34. The van der Waals surface area contributed by atoms with Crippen LogP contribution in [-0.2, 0) is 6.54 Å². The number of rotatable bonds is 3. The van der Waals surface area contributed by atoms with E-state index >= 15 is 0 Å². The van der Waals surface area contributed by atoms with E-state index in [0.29, 0.717) is 0 Å². The zero-order valence-corrected chi connectivity index (χ0v) is 10.8. The second kappa shape index (κ2) is 4.76. The maximum Gasteiger partial charge on any atom is 0.0473 e. The summed E-state index contributed by atoms with van der Waals surface area (Å²) < 4.78 is 2.22. The van der Waals surface area contributed by atoms with Crippen molar-refractivity contribution in [3.8, 4) is 0 Å². The Morgan fingerprint density at radius 3 is 2.41 bits per heavy atom. The van der Waals surface area contributed by atoms with Gasteiger partial charge in [-0.1, -0.05) is 29.3 Å². The number of aromatic nitrogens is 1. The maximum atomic E-state index is 5.95. The summed E-state index contributed by atoms with van der Waals surface area (Å²) in [5.74, 6) is 0. The molecule has 1 unspecified atom stereocenters. The van der Waals surface area contributed by atoms with Crippen LogP contribution in [0, 0.1) is 13.8 Å². The SMILES string of the molecule is Cc1cc(C)cc(Cn2cccc2C(C)N)c1. The van der Waals surface area contributed by atoms with E-state index in [2.05, 4.69) is 54.9 Å². The molecule has 1 aromatic carbocycles. The molecule has 0 saturated carbocycles. The summed E-state index contributed by atoms with van der Waals surface area (Å²) in [6.07, 6.45) is 2.09. The van der Waals surface area contributed by atoms with E-state index < -0.39 is 0 Å². The lowest BCUT2D eigenvalue weighted by atomic mass is 10.1. The zero-order chi connectivity index (χ0) is 12.4. The van der Waals surface area contributed by atoms with Crippen molar-refractivity contribution in [1.82, 2.24) is 4.57 Å². The average molecular weight is 228 g/mol. The zero-order valence-electron chi connectivity index (χ0n) is 10.8. The summed E-state index contributed by atoms with van der Waals surface area (Å²) in [6.45, 7) is 7.19. The maximum absolute atomic E-state index is 5.95. The highest BCUT2D eigenvalue weighted by Crippen LogP contribution is 2.15. The number of aryl methyl sites for hydroxylation is 2. The van der Waals surface area contributed by atoms with Gasteiger partial charge in [0.1, 0.15) is 0 Å². The summed E-state index contributed by atoms with van der Waals surface area (Å²) in [4.78, 5) is 0. The van der Waals surface area contributed by atoms with Crippen molar-refractivity contribution < 1.29 is 0 Å². The standard InChI is InChI=1S/C15H20N2/c1-11-7-12(2)9-14(8-11)10-17-6-4-5-15(17)13(3)16/h4-9,13H,10,16H2,1-3H3. The highest BCUT2D eigenvalue weighted by molar-refractivity contribution is 5.29. The van der Waals surface area contributed by atoms with Gasteiger partial charge in [-0.2, -0.15) is 0 Å². The van der Waals surface area contributed by atoms with Gasteiger partial charge in [0.25, 0.3) is 0 Å². The van der Waals surface area contributed by atoms with Crippen LogP contribution in [0.2, 0.25) is 0 Å². The van der Waals surface area contributed by atoms with E-state index in [9.17, 15) is 0 Å². The van der Waals surface area contributed by atoms with Gasteiger partial charge >= 0.3 is 0 Å². The molecular formula is C15H20N2. The first-order chi connectivity index (χ1) is 8.06. The van der Waals surface area contributed by atoms with E-state index in [1.807, 2.05) is 6.92 Å². The second-order valence-corrected chi connectivity index (χ2v) is 4.85. The van der Waals surface area contributed by atoms with Crippen LogP contribution in [0.1, 0.15) is 35.3 Å². The van der Waals surface area contributed by atoms with Gasteiger partial charge in [-0.3, -0.25) is 0 Å². The van der Waals surface area contributed by atoms with Gasteiger partial charge in [0.05, 0.1) is 0 Å². The molecule has 17 heavy (non-hydrogen) atoms. The minimum Gasteiger partial charge on any atom is -0.346 e. The van der Waals surface area contributed by atoms with Gasteiger partial charge in [0.15, 0.2) is 0 Å². The van der Waals surface area contributed by atoms with Crippen molar-refractivity contribution in [1.29, 1.82) is 0 Å². The average Bonchev–Trinajstić information content (AvgIpc) is 2.63. The molecule has 2 nitrogen and oxygen atoms in total. The van der Waals surface area contributed by atoms with Gasteiger partial charge < -0.3 is 10.3 Å². The molecule has 1 atom stereocenters. The number of hydrogen-bond acceptors (Lipinski definition) is 1. The monoisotopic (exact) mass is 228 g/mol. The van der Waals surface area contributed by atoms with Crippen LogP contribution in [0.4, 0.5) is 0 Å². The minimum atomic E-state index is 0.0795. The Labute approximate surface area is 103 Å². The summed E-state index contributed by atoms with van der Waals surface area (Å²) in [6, 6.07) is 10.9. The third kappa shape index (κ3) is 2.77. The Balaban J connectivity index is 2.28. The van der Waals surface area contributed by atoms with Gasteiger partial charge in [-0.25, -0.2) is 0 Å². The van der Waals surface area contributed by atoms with Crippen molar-refractivity contribution >= 4 is 0 Å². The minimum absolute atomic E-state index is 0.0795. The van der Waals surface area contributed by atoms with Crippen molar-refractivity contribution in [2.75, 3.05) is 0 Å². The molecular weight excluding hydrogens is 208 g/mol. The van der Waals surface area contributed by atoms with Gasteiger partial charge in [-0.15, -0.1) is 0 Å². The molecule has 90 valence electrons. The first-order valence-corrected chi connectivity index (χ1v) is 6.04. The molecule has 2 heteroatoms. The Bertz CT molecular complexity index is 489. The molecule has 0 fully saturated rings. The Kier molecular flexibility index (Phi) is 3.34. The Morgan fingerprint density at radius 2 is 1.82 bits per heavy atom. The lowest BCUT2D eigenvalue weighted by Gasteiger charge is -2.13. The highest BCUT2D eigenvalue weighted by Gasteiger charge is 2.06. The van der Waals surface area contributed by atoms with Gasteiger partial charge in [0, 0.05) is 24.5 Å². The molecule has 0 amide bonds. The summed E-state index contributed by atoms with van der Waals surface area (Å²) in [5, 5.41) is 0. The fraction of sp³-hybridized carbons (Fsp3) is 0.333.